The number of rotatable bonds is 2. The first-order chi connectivity index (χ1) is 11.1. The number of nitro groups is 1. The molecule has 1 aromatic rings. The van der Waals surface area contributed by atoms with Gasteiger partial charge in [0.1, 0.15) is 5.70 Å². The van der Waals surface area contributed by atoms with Crippen LogP contribution in [0.5, 0.6) is 0 Å². The van der Waals surface area contributed by atoms with E-state index in [1.54, 1.807) is 0 Å². The van der Waals surface area contributed by atoms with Gasteiger partial charge in [-0.15, -0.1) is 10.1 Å². The Hall–Kier alpha value is -2.70. The zero-order valence-corrected chi connectivity index (χ0v) is 12.6. The highest BCUT2D eigenvalue weighted by molar-refractivity contribution is 7.17. The maximum Gasteiger partial charge on any atom is 0.430 e. The number of allylic oxidation sites excluding steroid dienone is 2. The van der Waals surface area contributed by atoms with E-state index in [0.29, 0.717) is 17.8 Å². The van der Waals surface area contributed by atoms with E-state index in [-0.39, 0.29) is 17.3 Å². The molecule has 1 aromatic heterocycles. The Morgan fingerprint density at radius 3 is 2.42 bits per heavy atom. The average Bonchev–Trinajstić information content (AvgIpc) is 2.85. The van der Waals surface area contributed by atoms with E-state index in [9.17, 15) is 23.3 Å². The second-order valence-corrected chi connectivity index (χ2v) is 5.30. The van der Waals surface area contributed by atoms with Gasteiger partial charge in [-0.3, -0.25) is 15.1 Å². The third kappa shape index (κ3) is 6.20. The number of thiophene rings is 1. The summed E-state index contributed by atoms with van der Waals surface area (Å²) in [6, 6.07) is 2.67. The summed E-state index contributed by atoms with van der Waals surface area (Å²) in [7, 11) is 0. The van der Waals surface area contributed by atoms with Gasteiger partial charge >= 0.3 is 11.2 Å². The highest BCUT2D eigenvalue weighted by Crippen LogP contribution is 2.28. The zero-order chi connectivity index (χ0) is 18.3. The smallest absolute Gasteiger partial charge is 0.381 e. The van der Waals surface area contributed by atoms with Gasteiger partial charge in [0.15, 0.2) is 0 Å². The number of halogens is 3. The molecule has 0 radical (unpaired) electrons. The number of hydrogen-bond donors (Lipinski definition) is 2. The minimum Gasteiger partial charge on any atom is -0.381 e. The molecule has 13 heteroatoms. The van der Waals surface area contributed by atoms with Crippen molar-refractivity contribution in [3.8, 4) is 0 Å². The van der Waals surface area contributed by atoms with Crippen molar-refractivity contribution in [1.29, 1.82) is 0 Å². The molecule has 24 heavy (non-hydrogen) atoms. The largest absolute Gasteiger partial charge is 0.430 e. The van der Waals surface area contributed by atoms with Gasteiger partial charge in [-0.05, 0) is 18.6 Å². The number of aliphatic imine (C=N–C) groups is 1. The molecule has 0 atom stereocenters. The summed E-state index contributed by atoms with van der Waals surface area (Å²) >= 11 is 0.807. The molecule has 0 amide bonds. The summed E-state index contributed by atoms with van der Waals surface area (Å²) in [4.78, 5) is 22.8. The summed E-state index contributed by atoms with van der Waals surface area (Å²) in [5, 5.41) is 26.4. The lowest BCUT2D eigenvalue weighted by Gasteiger charge is -2.16. The first-order valence-corrected chi connectivity index (χ1v) is 7.08. The van der Waals surface area contributed by atoms with Crippen molar-refractivity contribution in [1.82, 2.24) is 5.32 Å². The Labute approximate surface area is 136 Å². The summed E-state index contributed by atoms with van der Waals surface area (Å²) in [6.45, 7) is 0.558. The minimum atomic E-state index is -4.50. The van der Waals surface area contributed by atoms with Gasteiger partial charge in [0.25, 0.3) is 5.09 Å². The Kier molecular flexibility index (Phi) is 6.64. The molecule has 0 spiro atoms. The Balaban J connectivity index is 0.000000648. The quantitative estimate of drug-likeness (QED) is 0.609. The van der Waals surface area contributed by atoms with Crippen LogP contribution < -0.4 is 5.32 Å². The third-order valence-corrected chi connectivity index (χ3v) is 3.60. The molecular formula is C11H11F3N4O5S. The van der Waals surface area contributed by atoms with Crippen LogP contribution in [0, 0.1) is 20.2 Å². The van der Waals surface area contributed by atoms with Crippen molar-refractivity contribution in [2.24, 2.45) is 4.99 Å². The van der Waals surface area contributed by atoms with Crippen LogP contribution in [0.2, 0.25) is 0 Å². The Bertz CT molecular complexity index is 667. The first kappa shape index (κ1) is 19.3. The molecule has 0 unspecified atom stereocenters. The number of alkyl halides is 3. The summed E-state index contributed by atoms with van der Waals surface area (Å²) < 4.78 is 38.4. The third-order valence-electron chi connectivity index (χ3n) is 2.54. The lowest BCUT2D eigenvalue weighted by atomic mass is 10.2. The molecule has 9 nitrogen and oxygen atoms in total. The fourth-order valence-corrected chi connectivity index (χ4v) is 2.43. The molecule has 0 bridgehead atoms. The van der Waals surface area contributed by atoms with Crippen molar-refractivity contribution in [2.75, 3.05) is 13.1 Å². The zero-order valence-electron chi connectivity index (χ0n) is 11.8. The molecule has 0 saturated heterocycles. The second-order valence-electron chi connectivity index (χ2n) is 4.24. The highest BCUT2D eigenvalue weighted by atomic mass is 32.1. The van der Waals surface area contributed by atoms with Crippen molar-refractivity contribution < 1.29 is 28.4 Å². The predicted molar refractivity (Wildman–Crippen MR) is 77.9 cm³/mol. The summed E-state index contributed by atoms with van der Waals surface area (Å²) in [5.74, 6) is 0. The van der Waals surface area contributed by atoms with Crippen molar-refractivity contribution in [3.05, 3.63) is 49.0 Å². The molecule has 2 heterocycles. The van der Waals surface area contributed by atoms with Gasteiger partial charge in [0.05, 0.1) is 15.5 Å². The number of nitrogens with zero attached hydrogens (tertiary/aromatic N) is 3. The van der Waals surface area contributed by atoms with Crippen LogP contribution in [0.3, 0.4) is 0 Å². The lowest BCUT2D eigenvalue weighted by Crippen LogP contribution is -2.29. The molecule has 1 aliphatic heterocycles. The highest BCUT2D eigenvalue weighted by Gasteiger charge is 2.34. The fraction of sp³-hybridized carbons (Fsp3) is 0.364. The molecule has 0 fully saturated rings. The van der Waals surface area contributed by atoms with Crippen LogP contribution in [-0.4, -0.2) is 40.2 Å². The number of nitrogens with one attached hydrogen (secondary N) is 1. The van der Waals surface area contributed by atoms with Gasteiger partial charge < -0.3 is 10.5 Å². The van der Waals surface area contributed by atoms with Crippen LogP contribution in [-0.2, 0) is 0 Å². The lowest BCUT2D eigenvalue weighted by molar-refractivity contribution is -0.742. The Morgan fingerprint density at radius 1 is 1.29 bits per heavy atom. The summed E-state index contributed by atoms with van der Waals surface area (Å²) in [5.41, 5.74) is -0.769. The molecule has 0 saturated carbocycles. The fourth-order valence-electron chi connectivity index (χ4n) is 1.63. The van der Waals surface area contributed by atoms with Crippen molar-refractivity contribution in [3.63, 3.8) is 0 Å². The maximum atomic E-state index is 12.8. The molecule has 0 aromatic carbocycles. The topological polar surface area (TPSA) is 131 Å². The van der Waals surface area contributed by atoms with E-state index < -0.39 is 21.9 Å². The molecular weight excluding hydrogens is 357 g/mol. The normalized spacial score (nSPS) is 17.0. The van der Waals surface area contributed by atoms with E-state index in [1.807, 2.05) is 0 Å². The monoisotopic (exact) mass is 368 g/mol. The maximum absolute atomic E-state index is 12.8. The standard InChI is InChI=1S/C11H10F3N3O2S.HNO3/c12-11(13,14)9-6-7(15-4-1-5-16-9)8-2-3-10(20-8)17(18)19;2-1(3)4/h2-3,6,16H,1,4-5H2;(H,2,3,4)/b9-6-,15-7?;. The average molecular weight is 368 g/mol. The van der Waals surface area contributed by atoms with Gasteiger partial charge in [-0.2, -0.15) is 13.2 Å². The van der Waals surface area contributed by atoms with Crippen LogP contribution >= 0.6 is 11.3 Å². The molecule has 132 valence electrons. The van der Waals surface area contributed by atoms with E-state index in [2.05, 4.69) is 10.3 Å². The van der Waals surface area contributed by atoms with Crippen LogP contribution in [0.4, 0.5) is 18.2 Å². The summed E-state index contributed by atoms with van der Waals surface area (Å²) in [6.07, 6.45) is -3.14. The molecule has 0 aliphatic carbocycles. The predicted octanol–water partition coefficient (Wildman–Crippen LogP) is 2.54. The van der Waals surface area contributed by atoms with Crippen molar-refractivity contribution in [2.45, 2.75) is 12.6 Å². The second kappa shape index (κ2) is 8.24. The van der Waals surface area contributed by atoms with Gasteiger partial charge in [0, 0.05) is 19.2 Å². The Morgan fingerprint density at radius 2 is 1.92 bits per heavy atom. The van der Waals surface area contributed by atoms with Crippen LogP contribution in [0.15, 0.2) is 28.9 Å². The van der Waals surface area contributed by atoms with E-state index in [4.69, 9.17) is 15.3 Å². The van der Waals surface area contributed by atoms with E-state index in [0.717, 1.165) is 17.4 Å². The van der Waals surface area contributed by atoms with Gasteiger partial charge in [-0.1, -0.05) is 11.3 Å². The van der Waals surface area contributed by atoms with Crippen LogP contribution in [0.25, 0.3) is 0 Å². The van der Waals surface area contributed by atoms with Crippen LogP contribution in [0.1, 0.15) is 11.3 Å². The molecule has 2 rings (SSSR count). The van der Waals surface area contributed by atoms with E-state index >= 15 is 0 Å². The van der Waals surface area contributed by atoms with Crippen molar-refractivity contribution >= 4 is 22.0 Å². The van der Waals surface area contributed by atoms with Gasteiger partial charge in [-0.25, -0.2) is 0 Å². The van der Waals surface area contributed by atoms with E-state index in [1.165, 1.54) is 12.1 Å². The van der Waals surface area contributed by atoms with Gasteiger partial charge in [0.2, 0.25) is 0 Å². The molecule has 2 N–H and O–H groups in total. The number of hydrogen-bond acceptors (Lipinski definition) is 7. The molecule has 1 aliphatic rings. The minimum absolute atomic E-state index is 0.114. The first-order valence-electron chi connectivity index (χ1n) is 6.26. The SMILES string of the molecule is O=[N+]([O-])O.O=[N+]([O-])c1ccc(C2=NCCCN/C(C(F)(F)F)=C\2)s1.